The molecule has 1 aliphatic heterocycles. The highest BCUT2D eigenvalue weighted by molar-refractivity contribution is 7.09. The van der Waals surface area contributed by atoms with E-state index >= 15 is 0 Å². The molecule has 3 heterocycles. The molecular formula is C30H42N4O3S. The van der Waals surface area contributed by atoms with Crippen LogP contribution in [-0.2, 0) is 16.0 Å². The first-order valence-electron chi connectivity index (χ1n) is 14.1. The molecule has 0 saturated carbocycles. The van der Waals surface area contributed by atoms with Crippen LogP contribution in [0.25, 0.3) is 11.0 Å². The van der Waals surface area contributed by atoms with E-state index in [0.717, 1.165) is 62.2 Å². The number of benzene rings is 1. The molecule has 1 aliphatic rings. The van der Waals surface area contributed by atoms with Crippen LogP contribution in [0.4, 0.5) is 0 Å². The monoisotopic (exact) mass is 538 g/mol. The zero-order chi connectivity index (χ0) is 27.1. The summed E-state index contributed by atoms with van der Waals surface area (Å²) in [5.74, 6) is 1.37. The quantitative estimate of drug-likeness (QED) is 0.308. The number of carbonyl (C=O) groups excluding carboxylic acids is 2. The van der Waals surface area contributed by atoms with Crippen LogP contribution in [0.3, 0.4) is 0 Å². The third-order valence-electron chi connectivity index (χ3n) is 7.48. The molecule has 3 aromatic rings. The van der Waals surface area contributed by atoms with Gasteiger partial charge in [-0.3, -0.25) is 9.59 Å². The summed E-state index contributed by atoms with van der Waals surface area (Å²) in [6.07, 6.45) is 5.30. The average molecular weight is 539 g/mol. The van der Waals surface area contributed by atoms with E-state index in [1.54, 1.807) is 11.3 Å². The van der Waals surface area contributed by atoms with Crippen molar-refractivity contribution in [2.24, 2.45) is 11.8 Å². The van der Waals surface area contributed by atoms with Crippen LogP contribution in [-0.4, -0.2) is 47.2 Å². The van der Waals surface area contributed by atoms with Gasteiger partial charge in [0.05, 0.1) is 11.0 Å². The molecule has 206 valence electrons. The molecule has 2 N–H and O–H groups in total. The van der Waals surface area contributed by atoms with Crippen LogP contribution < -0.4 is 10.6 Å². The number of ether oxygens (including phenoxy) is 1. The molecule has 38 heavy (non-hydrogen) atoms. The van der Waals surface area contributed by atoms with Gasteiger partial charge in [0.2, 0.25) is 5.91 Å². The second-order valence-electron chi connectivity index (χ2n) is 10.8. The lowest BCUT2D eigenvalue weighted by molar-refractivity contribution is -0.123. The van der Waals surface area contributed by atoms with Crippen LogP contribution in [0.5, 0.6) is 0 Å². The first-order chi connectivity index (χ1) is 18.4. The summed E-state index contributed by atoms with van der Waals surface area (Å²) in [6, 6.07) is 9.73. The van der Waals surface area contributed by atoms with Crippen molar-refractivity contribution < 1.29 is 14.3 Å². The van der Waals surface area contributed by atoms with E-state index in [1.165, 1.54) is 4.88 Å². The Hall–Kier alpha value is -2.71. The van der Waals surface area contributed by atoms with E-state index in [-0.39, 0.29) is 17.7 Å². The van der Waals surface area contributed by atoms with E-state index in [0.29, 0.717) is 30.5 Å². The Morgan fingerprint density at radius 3 is 2.58 bits per heavy atom. The Labute approximate surface area is 230 Å². The van der Waals surface area contributed by atoms with Crippen molar-refractivity contribution in [2.45, 2.75) is 78.3 Å². The fourth-order valence-electron chi connectivity index (χ4n) is 5.31. The third kappa shape index (κ3) is 7.03. The van der Waals surface area contributed by atoms with Gasteiger partial charge in [0.25, 0.3) is 5.91 Å². The van der Waals surface area contributed by atoms with Crippen molar-refractivity contribution in [2.75, 3.05) is 19.8 Å². The highest BCUT2D eigenvalue weighted by Gasteiger charge is 2.25. The SMILES string of the molecule is CCC(CC)n1c(Cc2cccs2)nc2cc(C(=O)N[C@@H](CC(C)C)C(=O)NCC3CCOCC3)ccc21. The molecule has 8 heteroatoms. The minimum atomic E-state index is -0.574. The smallest absolute Gasteiger partial charge is 0.252 e. The van der Waals surface area contributed by atoms with Crippen LogP contribution in [0.15, 0.2) is 35.7 Å². The van der Waals surface area contributed by atoms with Gasteiger partial charge in [0, 0.05) is 42.7 Å². The van der Waals surface area contributed by atoms with Gasteiger partial charge in [-0.2, -0.15) is 0 Å². The summed E-state index contributed by atoms with van der Waals surface area (Å²) >= 11 is 1.74. The van der Waals surface area contributed by atoms with E-state index in [9.17, 15) is 9.59 Å². The Morgan fingerprint density at radius 1 is 1.16 bits per heavy atom. The van der Waals surface area contributed by atoms with Crippen molar-refractivity contribution in [3.05, 3.63) is 52.0 Å². The number of nitrogens with zero attached hydrogens (tertiary/aromatic N) is 2. The third-order valence-corrected chi connectivity index (χ3v) is 8.36. The minimum Gasteiger partial charge on any atom is -0.381 e. The van der Waals surface area contributed by atoms with Crippen LogP contribution >= 0.6 is 11.3 Å². The van der Waals surface area contributed by atoms with E-state index in [1.807, 2.05) is 18.2 Å². The largest absolute Gasteiger partial charge is 0.381 e. The van der Waals surface area contributed by atoms with E-state index < -0.39 is 6.04 Å². The number of fused-ring (bicyclic) bond motifs is 1. The fraction of sp³-hybridized carbons (Fsp3) is 0.567. The number of rotatable bonds is 12. The maximum absolute atomic E-state index is 13.3. The van der Waals surface area contributed by atoms with Crippen LogP contribution in [0.2, 0.25) is 0 Å². The summed E-state index contributed by atoms with van der Waals surface area (Å²) in [7, 11) is 0. The number of hydrogen-bond donors (Lipinski definition) is 2. The number of carbonyl (C=O) groups is 2. The molecule has 0 aliphatic carbocycles. The standard InChI is InChI=1S/C30H42N4O3S/c1-5-23(6-2)34-27-10-9-22(17-25(27)32-28(34)18-24-8-7-15-38-24)29(35)33-26(16-20(3)4)30(36)31-19-21-11-13-37-14-12-21/h7-10,15,17,20-21,23,26H,5-6,11-14,16,18-19H2,1-4H3,(H,31,36)(H,33,35)/t26-/m0/s1. The lowest BCUT2D eigenvalue weighted by Crippen LogP contribution is -2.48. The molecule has 1 aromatic carbocycles. The molecule has 0 unspecified atom stereocenters. The first kappa shape index (κ1) is 28.3. The van der Waals surface area contributed by atoms with Crippen molar-refractivity contribution in [3.63, 3.8) is 0 Å². The van der Waals surface area contributed by atoms with Gasteiger partial charge < -0.3 is 19.9 Å². The number of amides is 2. The Kier molecular flexibility index (Phi) is 9.97. The molecule has 0 bridgehead atoms. The molecule has 7 nitrogen and oxygen atoms in total. The molecule has 1 atom stereocenters. The van der Waals surface area contributed by atoms with E-state index in [4.69, 9.17) is 9.72 Å². The molecule has 0 spiro atoms. The van der Waals surface area contributed by atoms with Gasteiger partial charge >= 0.3 is 0 Å². The summed E-state index contributed by atoms with van der Waals surface area (Å²) < 4.78 is 7.77. The zero-order valence-corrected chi connectivity index (χ0v) is 24.0. The summed E-state index contributed by atoms with van der Waals surface area (Å²) in [5, 5.41) is 8.18. The second kappa shape index (κ2) is 13.4. The number of thiophene rings is 1. The van der Waals surface area contributed by atoms with Gasteiger partial charge in [-0.25, -0.2) is 4.98 Å². The highest BCUT2D eigenvalue weighted by atomic mass is 32.1. The topological polar surface area (TPSA) is 85.2 Å². The Bertz CT molecular complexity index is 1190. The molecule has 1 fully saturated rings. The van der Waals surface area contributed by atoms with Crippen molar-refractivity contribution in [1.82, 2.24) is 20.2 Å². The molecule has 2 aromatic heterocycles. The zero-order valence-electron chi connectivity index (χ0n) is 23.2. The Morgan fingerprint density at radius 2 is 1.92 bits per heavy atom. The normalized spacial score (nSPS) is 15.3. The first-order valence-corrected chi connectivity index (χ1v) is 15.0. The molecule has 4 rings (SSSR count). The number of imidazole rings is 1. The molecule has 0 radical (unpaired) electrons. The summed E-state index contributed by atoms with van der Waals surface area (Å²) in [4.78, 5) is 32.7. The van der Waals surface area contributed by atoms with E-state index in [2.05, 4.69) is 60.4 Å². The fourth-order valence-corrected chi connectivity index (χ4v) is 6.01. The van der Waals surface area contributed by atoms with Crippen LogP contribution in [0, 0.1) is 11.8 Å². The van der Waals surface area contributed by atoms with Crippen molar-refractivity contribution >= 4 is 34.2 Å². The lowest BCUT2D eigenvalue weighted by atomic mass is 9.99. The van der Waals surface area contributed by atoms with Crippen molar-refractivity contribution in [1.29, 1.82) is 0 Å². The average Bonchev–Trinajstić information content (AvgIpc) is 3.55. The number of aromatic nitrogens is 2. The molecule has 1 saturated heterocycles. The van der Waals surface area contributed by atoms with Gasteiger partial charge in [0.1, 0.15) is 11.9 Å². The van der Waals surface area contributed by atoms with Crippen LogP contribution in [0.1, 0.15) is 86.9 Å². The summed E-state index contributed by atoms with van der Waals surface area (Å²) in [5.41, 5.74) is 2.40. The Balaban J connectivity index is 1.53. The van der Waals surface area contributed by atoms with Gasteiger partial charge in [-0.1, -0.05) is 33.8 Å². The van der Waals surface area contributed by atoms with Gasteiger partial charge in [0.15, 0.2) is 0 Å². The predicted molar refractivity (Wildman–Crippen MR) is 154 cm³/mol. The summed E-state index contributed by atoms with van der Waals surface area (Å²) in [6.45, 7) is 10.7. The number of hydrogen-bond acceptors (Lipinski definition) is 5. The molecule has 2 amide bonds. The lowest BCUT2D eigenvalue weighted by Gasteiger charge is -2.25. The second-order valence-corrected chi connectivity index (χ2v) is 11.8. The maximum Gasteiger partial charge on any atom is 0.252 e. The van der Waals surface area contributed by atoms with Gasteiger partial charge in [-0.05, 0) is 73.6 Å². The number of nitrogens with one attached hydrogen (secondary N) is 2. The van der Waals surface area contributed by atoms with Crippen molar-refractivity contribution in [3.8, 4) is 0 Å². The molecular weight excluding hydrogens is 496 g/mol. The predicted octanol–water partition coefficient (Wildman–Crippen LogP) is 5.74. The highest BCUT2D eigenvalue weighted by Crippen LogP contribution is 2.28. The van der Waals surface area contributed by atoms with Gasteiger partial charge in [-0.15, -0.1) is 11.3 Å². The maximum atomic E-state index is 13.3. The minimum absolute atomic E-state index is 0.115.